The van der Waals surface area contributed by atoms with Crippen molar-refractivity contribution in [1.29, 1.82) is 5.26 Å². The summed E-state index contributed by atoms with van der Waals surface area (Å²) in [5.41, 5.74) is 1.52. The third-order valence-electron chi connectivity index (χ3n) is 2.82. The zero-order valence-electron chi connectivity index (χ0n) is 12.2. The number of halogens is 1. The molecule has 0 bridgehead atoms. The number of carbonyl (C=O) groups is 1. The van der Waals surface area contributed by atoms with Gasteiger partial charge in [-0.3, -0.25) is 0 Å². The lowest BCUT2D eigenvalue weighted by Gasteiger charge is -2.28. The molecule has 0 aliphatic carbocycles. The highest BCUT2D eigenvalue weighted by Gasteiger charge is 2.15. The van der Waals surface area contributed by atoms with E-state index in [0.29, 0.717) is 23.9 Å². The lowest BCUT2D eigenvalue weighted by atomic mass is 10.1. The molecule has 0 atom stereocenters. The number of aliphatic carboxylic acids is 1. The number of nitriles is 1. The minimum atomic E-state index is -1.01. The molecular weight excluding hydrogens is 288 g/mol. The molecule has 1 aromatic rings. The van der Waals surface area contributed by atoms with Crippen molar-refractivity contribution in [3.8, 4) is 6.07 Å². The molecule has 21 heavy (non-hydrogen) atoms. The molecule has 0 heterocycles. The topological polar surface area (TPSA) is 64.3 Å². The Morgan fingerprint density at radius 1 is 1.52 bits per heavy atom. The van der Waals surface area contributed by atoms with E-state index in [1.165, 1.54) is 6.08 Å². The van der Waals surface area contributed by atoms with Crippen LogP contribution in [0.1, 0.15) is 25.8 Å². The van der Waals surface area contributed by atoms with Crippen molar-refractivity contribution in [3.05, 3.63) is 34.9 Å². The Labute approximate surface area is 130 Å². The standard InChI is InChI=1S/C16H19ClN2O2/c1-12(2)11-19(10-4-9-18)16-13(7-8-15(20)21)5-3-6-14(16)17/h3,5-8,12H,4,10-11H2,1-2H3,(H,20,21)/b8-7+. The smallest absolute Gasteiger partial charge is 0.328 e. The molecule has 0 aliphatic heterocycles. The highest BCUT2D eigenvalue weighted by atomic mass is 35.5. The van der Waals surface area contributed by atoms with Crippen LogP contribution in [0.15, 0.2) is 24.3 Å². The fourth-order valence-corrected chi connectivity index (χ4v) is 2.38. The van der Waals surface area contributed by atoms with Gasteiger partial charge in [0.05, 0.1) is 23.2 Å². The van der Waals surface area contributed by atoms with Crippen LogP contribution in [0, 0.1) is 17.2 Å². The van der Waals surface area contributed by atoms with E-state index in [-0.39, 0.29) is 0 Å². The number of hydrogen-bond acceptors (Lipinski definition) is 3. The van der Waals surface area contributed by atoms with Crippen LogP contribution in [0.2, 0.25) is 5.02 Å². The van der Waals surface area contributed by atoms with E-state index in [1.54, 1.807) is 12.1 Å². The molecule has 1 aromatic carbocycles. The van der Waals surface area contributed by atoms with Crippen molar-refractivity contribution >= 4 is 29.3 Å². The van der Waals surface area contributed by atoms with Gasteiger partial charge >= 0.3 is 5.97 Å². The summed E-state index contributed by atoms with van der Waals surface area (Å²) in [4.78, 5) is 12.8. The lowest BCUT2D eigenvalue weighted by molar-refractivity contribution is -0.131. The summed E-state index contributed by atoms with van der Waals surface area (Å²) in [6.07, 6.45) is 3.01. The number of benzene rings is 1. The van der Waals surface area contributed by atoms with Gasteiger partial charge in [-0.05, 0) is 23.6 Å². The average Bonchev–Trinajstić information content (AvgIpc) is 2.41. The van der Waals surface area contributed by atoms with E-state index in [1.807, 2.05) is 11.0 Å². The second-order valence-electron chi connectivity index (χ2n) is 5.10. The Hall–Kier alpha value is -1.99. The minimum absolute atomic E-state index is 0.389. The molecule has 5 heteroatoms. The Morgan fingerprint density at radius 2 is 2.24 bits per heavy atom. The van der Waals surface area contributed by atoms with Gasteiger partial charge in [0.2, 0.25) is 0 Å². The SMILES string of the molecule is CC(C)CN(CCC#N)c1c(Cl)cccc1/C=C/C(=O)O. The van der Waals surface area contributed by atoms with E-state index in [9.17, 15) is 4.79 Å². The number of carboxylic acids is 1. The van der Waals surface area contributed by atoms with Crippen molar-refractivity contribution in [2.75, 3.05) is 18.0 Å². The molecule has 112 valence electrons. The Kier molecular flexibility index (Phi) is 6.77. The zero-order valence-corrected chi connectivity index (χ0v) is 13.0. The first-order valence-electron chi connectivity index (χ1n) is 6.77. The summed E-state index contributed by atoms with van der Waals surface area (Å²) in [5.74, 6) is -0.607. The molecule has 1 N–H and O–H groups in total. The summed E-state index contributed by atoms with van der Waals surface area (Å²) in [7, 11) is 0. The molecule has 0 saturated carbocycles. The van der Waals surface area contributed by atoms with E-state index in [2.05, 4.69) is 19.9 Å². The van der Waals surface area contributed by atoms with Crippen molar-refractivity contribution in [1.82, 2.24) is 0 Å². The first kappa shape index (κ1) is 17.1. The van der Waals surface area contributed by atoms with Crippen LogP contribution in [0.5, 0.6) is 0 Å². The van der Waals surface area contributed by atoms with Gasteiger partial charge < -0.3 is 10.0 Å². The van der Waals surface area contributed by atoms with Crippen LogP contribution in [0.25, 0.3) is 6.08 Å². The molecule has 0 spiro atoms. The van der Waals surface area contributed by atoms with Crippen LogP contribution in [0.4, 0.5) is 5.69 Å². The van der Waals surface area contributed by atoms with Gasteiger partial charge in [0.1, 0.15) is 0 Å². The van der Waals surface area contributed by atoms with Gasteiger partial charge in [-0.15, -0.1) is 0 Å². The van der Waals surface area contributed by atoms with E-state index in [0.717, 1.165) is 23.9 Å². The number of nitrogens with zero attached hydrogens (tertiary/aromatic N) is 2. The minimum Gasteiger partial charge on any atom is -0.478 e. The molecular formula is C16H19ClN2O2. The maximum absolute atomic E-state index is 10.7. The quantitative estimate of drug-likeness (QED) is 0.778. The Bertz CT molecular complexity index is 562. The van der Waals surface area contributed by atoms with Crippen LogP contribution in [-0.2, 0) is 4.79 Å². The molecule has 0 aliphatic rings. The van der Waals surface area contributed by atoms with Crippen molar-refractivity contribution < 1.29 is 9.90 Å². The molecule has 1 rings (SSSR count). The molecule has 0 aromatic heterocycles. The predicted molar refractivity (Wildman–Crippen MR) is 85.4 cm³/mol. The maximum atomic E-state index is 10.7. The fourth-order valence-electron chi connectivity index (χ4n) is 2.08. The van der Waals surface area contributed by atoms with E-state index in [4.69, 9.17) is 22.0 Å². The monoisotopic (exact) mass is 306 g/mol. The largest absolute Gasteiger partial charge is 0.478 e. The average molecular weight is 307 g/mol. The van der Waals surface area contributed by atoms with E-state index >= 15 is 0 Å². The number of hydrogen-bond donors (Lipinski definition) is 1. The van der Waals surface area contributed by atoms with Gasteiger partial charge in [0.15, 0.2) is 0 Å². The summed E-state index contributed by atoms with van der Waals surface area (Å²) in [6, 6.07) is 7.51. The van der Waals surface area contributed by atoms with Crippen molar-refractivity contribution in [3.63, 3.8) is 0 Å². The van der Waals surface area contributed by atoms with Crippen molar-refractivity contribution in [2.45, 2.75) is 20.3 Å². The Morgan fingerprint density at radius 3 is 2.81 bits per heavy atom. The van der Waals surface area contributed by atoms with E-state index < -0.39 is 5.97 Å². The maximum Gasteiger partial charge on any atom is 0.328 e. The normalized spacial score (nSPS) is 10.8. The first-order chi connectivity index (χ1) is 9.95. The molecule has 4 nitrogen and oxygen atoms in total. The second kappa shape index (κ2) is 8.33. The van der Waals surface area contributed by atoms with Gasteiger partial charge in [0, 0.05) is 19.2 Å². The second-order valence-corrected chi connectivity index (χ2v) is 5.50. The predicted octanol–water partition coefficient (Wildman–Crippen LogP) is 3.81. The highest BCUT2D eigenvalue weighted by molar-refractivity contribution is 6.33. The third kappa shape index (κ3) is 5.49. The zero-order chi connectivity index (χ0) is 15.8. The molecule has 0 fully saturated rings. The summed E-state index contributed by atoms with van der Waals surface area (Å²) in [6.45, 7) is 5.48. The number of anilines is 1. The Balaban J connectivity index is 3.21. The van der Waals surface area contributed by atoms with Gasteiger partial charge in [-0.1, -0.05) is 37.6 Å². The van der Waals surface area contributed by atoms with Crippen LogP contribution < -0.4 is 4.90 Å². The summed E-state index contributed by atoms with van der Waals surface area (Å²) in [5, 5.41) is 18.2. The first-order valence-corrected chi connectivity index (χ1v) is 7.15. The molecule has 0 unspecified atom stereocenters. The number of carboxylic acid groups (broad SMARTS) is 1. The molecule has 0 saturated heterocycles. The summed E-state index contributed by atoms with van der Waals surface area (Å²) >= 11 is 6.30. The van der Waals surface area contributed by atoms with Crippen LogP contribution in [-0.4, -0.2) is 24.2 Å². The molecule has 0 radical (unpaired) electrons. The van der Waals surface area contributed by atoms with Gasteiger partial charge in [-0.2, -0.15) is 5.26 Å². The van der Waals surface area contributed by atoms with Gasteiger partial charge in [0.25, 0.3) is 0 Å². The number of para-hydroxylation sites is 1. The highest BCUT2D eigenvalue weighted by Crippen LogP contribution is 2.31. The van der Waals surface area contributed by atoms with Gasteiger partial charge in [-0.25, -0.2) is 4.79 Å². The molecule has 0 amide bonds. The van der Waals surface area contributed by atoms with Crippen LogP contribution in [0.3, 0.4) is 0 Å². The van der Waals surface area contributed by atoms with Crippen LogP contribution >= 0.6 is 11.6 Å². The lowest BCUT2D eigenvalue weighted by Crippen LogP contribution is -2.29. The third-order valence-corrected chi connectivity index (χ3v) is 3.12. The fraction of sp³-hybridized carbons (Fsp3) is 0.375. The summed E-state index contributed by atoms with van der Waals surface area (Å²) < 4.78 is 0. The number of rotatable bonds is 7. The van der Waals surface area contributed by atoms with Crippen molar-refractivity contribution in [2.24, 2.45) is 5.92 Å².